The minimum absolute atomic E-state index is 0.289. The fraction of sp³-hybridized carbons (Fsp3) is 1.00. The predicted octanol–water partition coefficient (Wildman–Crippen LogP) is 0.702. The summed E-state index contributed by atoms with van der Waals surface area (Å²) in [6, 6.07) is 0.428. The SMILES string of the molecule is COC1CN(CC(O)CNC(C)C)CCC1C. The number of aliphatic hydroxyl groups excluding tert-OH is 1. The second-order valence-corrected chi connectivity index (χ2v) is 5.52. The lowest BCUT2D eigenvalue weighted by molar-refractivity contribution is -0.0176. The molecule has 3 unspecified atom stereocenters. The summed E-state index contributed by atoms with van der Waals surface area (Å²) in [5, 5.41) is 13.2. The van der Waals surface area contributed by atoms with Crippen molar-refractivity contribution in [1.82, 2.24) is 10.2 Å². The summed E-state index contributed by atoms with van der Waals surface area (Å²) >= 11 is 0. The smallest absolute Gasteiger partial charge is 0.0791 e. The van der Waals surface area contributed by atoms with Crippen LogP contribution >= 0.6 is 0 Å². The number of methoxy groups -OCH3 is 1. The van der Waals surface area contributed by atoms with Crippen molar-refractivity contribution >= 4 is 0 Å². The molecule has 0 amide bonds. The Morgan fingerprint density at radius 3 is 2.76 bits per heavy atom. The molecule has 0 bridgehead atoms. The van der Waals surface area contributed by atoms with Crippen molar-refractivity contribution in [3.05, 3.63) is 0 Å². The van der Waals surface area contributed by atoms with Gasteiger partial charge in [-0.15, -0.1) is 0 Å². The second kappa shape index (κ2) is 7.31. The number of hydrogen-bond donors (Lipinski definition) is 2. The van der Waals surface area contributed by atoms with Crippen LogP contribution in [0.2, 0.25) is 0 Å². The first kappa shape index (κ1) is 14.9. The molecule has 0 radical (unpaired) electrons. The monoisotopic (exact) mass is 244 g/mol. The Morgan fingerprint density at radius 1 is 1.47 bits per heavy atom. The average molecular weight is 244 g/mol. The minimum Gasteiger partial charge on any atom is -0.390 e. The molecule has 0 aromatic carbocycles. The van der Waals surface area contributed by atoms with Crippen molar-refractivity contribution in [2.45, 2.75) is 45.4 Å². The predicted molar refractivity (Wildman–Crippen MR) is 70.2 cm³/mol. The topological polar surface area (TPSA) is 44.7 Å². The third-order valence-corrected chi connectivity index (χ3v) is 3.51. The number of β-amino-alcohol motifs (C(OH)–C–C–N with tert-alkyl or cyclic N) is 1. The van der Waals surface area contributed by atoms with Crippen LogP contribution in [0.5, 0.6) is 0 Å². The van der Waals surface area contributed by atoms with Crippen LogP contribution in [0, 0.1) is 5.92 Å². The van der Waals surface area contributed by atoms with Crippen LogP contribution in [-0.4, -0.2) is 61.5 Å². The van der Waals surface area contributed by atoms with Crippen LogP contribution in [-0.2, 0) is 4.74 Å². The molecule has 0 aromatic rings. The van der Waals surface area contributed by atoms with Crippen molar-refractivity contribution in [2.75, 3.05) is 33.3 Å². The second-order valence-electron chi connectivity index (χ2n) is 5.52. The number of likely N-dealkylation sites (tertiary alicyclic amines) is 1. The van der Waals surface area contributed by atoms with Gasteiger partial charge in [0.25, 0.3) is 0 Å². The van der Waals surface area contributed by atoms with Crippen LogP contribution in [0.25, 0.3) is 0 Å². The standard InChI is InChI=1S/C13H28N2O2/c1-10(2)14-7-12(16)8-15-6-5-11(3)13(9-15)17-4/h10-14,16H,5-9H2,1-4H3. The maximum Gasteiger partial charge on any atom is 0.0791 e. The van der Waals surface area contributed by atoms with E-state index in [4.69, 9.17) is 4.74 Å². The van der Waals surface area contributed by atoms with E-state index in [9.17, 15) is 5.11 Å². The van der Waals surface area contributed by atoms with E-state index in [0.29, 0.717) is 24.6 Å². The van der Waals surface area contributed by atoms with Crippen LogP contribution in [0.3, 0.4) is 0 Å². The molecule has 0 spiro atoms. The van der Waals surface area contributed by atoms with E-state index in [1.54, 1.807) is 7.11 Å². The molecule has 1 rings (SSSR count). The van der Waals surface area contributed by atoms with Gasteiger partial charge in [0.05, 0.1) is 12.2 Å². The summed E-state index contributed by atoms with van der Waals surface area (Å²) in [6.07, 6.45) is 1.18. The normalized spacial score (nSPS) is 28.6. The molecule has 1 aliphatic heterocycles. The zero-order chi connectivity index (χ0) is 12.8. The molecule has 2 N–H and O–H groups in total. The maximum atomic E-state index is 9.93. The van der Waals surface area contributed by atoms with E-state index < -0.39 is 0 Å². The summed E-state index contributed by atoms with van der Waals surface area (Å²) in [4.78, 5) is 2.31. The summed E-state index contributed by atoms with van der Waals surface area (Å²) in [5.41, 5.74) is 0. The van der Waals surface area contributed by atoms with Gasteiger partial charge in [0.15, 0.2) is 0 Å². The Morgan fingerprint density at radius 2 is 2.18 bits per heavy atom. The van der Waals surface area contributed by atoms with E-state index in [1.807, 2.05) is 0 Å². The first-order valence-corrected chi connectivity index (χ1v) is 6.69. The van der Waals surface area contributed by atoms with E-state index in [1.165, 1.54) is 0 Å². The van der Waals surface area contributed by atoms with Gasteiger partial charge in [0.1, 0.15) is 0 Å². The lowest BCUT2D eigenvalue weighted by Gasteiger charge is -2.37. The average Bonchev–Trinajstić information content (AvgIpc) is 2.29. The van der Waals surface area contributed by atoms with Gasteiger partial charge in [-0.3, -0.25) is 4.90 Å². The highest BCUT2D eigenvalue weighted by atomic mass is 16.5. The molecule has 1 fully saturated rings. The molecule has 102 valence electrons. The first-order chi connectivity index (χ1) is 8.02. The summed E-state index contributed by atoms with van der Waals surface area (Å²) < 4.78 is 5.47. The molecule has 1 heterocycles. The lowest BCUT2D eigenvalue weighted by Crippen LogP contribution is -2.48. The van der Waals surface area contributed by atoms with Crippen LogP contribution in [0.4, 0.5) is 0 Å². The van der Waals surface area contributed by atoms with E-state index >= 15 is 0 Å². The van der Waals surface area contributed by atoms with Crippen LogP contribution in [0.1, 0.15) is 27.2 Å². The number of nitrogens with zero attached hydrogens (tertiary/aromatic N) is 1. The molecule has 17 heavy (non-hydrogen) atoms. The zero-order valence-electron chi connectivity index (χ0n) is 11.6. The number of nitrogens with one attached hydrogen (secondary N) is 1. The number of piperidine rings is 1. The van der Waals surface area contributed by atoms with E-state index in [0.717, 1.165) is 26.1 Å². The molecule has 0 aliphatic carbocycles. The molecule has 0 saturated carbocycles. The molecule has 1 aliphatic rings. The third-order valence-electron chi connectivity index (χ3n) is 3.51. The summed E-state index contributed by atoms with van der Waals surface area (Å²) in [6.45, 7) is 9.85. The fourth-order valence-electron chi connectivity index (χ4n) is 2.30. The summed E-state index contributed by atoms with van der Waals surface area (Å²) in [7, 11) is 1.78. The van der Waals surface area contributed by atoms with Gasteiger partial charge in [-0.05, 0) is 18.9 Å². The maximum absolute atomic E-state index is 9.93. The van der Waals surface area contributed by atoms with Crippen LogP contribution in [0.15, 0.2) is 0 Å². The molecule has 4 nitrogen and oxygen atoms in total. The molecule has 3 atom stereocenters. The van der Waals surface area contributed by atoms with Gasteiger partial charge in [0, 0.05) is 32.8 Å². The first-order valence-electron chi connectivity index (χ1n) is 6.69. The molecule has 4 heteroatoms. The minimum atomic E-state index is -0.289. The Balaban J connectivity index is 2.26. The summed E-state index contributed by atoms with van der Waals surface area (Å²) in [5.74, 6) is 0.627. The van der Waals surface area contributed by atoms with Gasteiger partial charge in [0.2, 0.25) is 0 Å². The van der Waals surface area contributed by atoms with Crippen LogP contribution < -0.4 is 5.32 Å². The largest absolute Gasteiger partial charge is 0.390 e. The highest BCUT2D eigenvalue weighted by molar-refractivity contribution is 4.80. The number of hydrogen-bond acceptors (Lipinski definition) is 4. The van der Waals surface area contributed by atoms with Gasteiger partial charge in [-0.2, -0.15) is 0 Å². The van der Waals surface area contributed by atoms with E-state index in [-0.39, 0.29) is 6.10 Å². The molecule has 0 aromatic heterocycles. The molecular formula is C13H28N2O2. The van der Waals surface area contributed by atoms with Crippen molar-refractivity contribution in [2.24, 2.45) is 5.92 Å². The Kier molecular flexibility index (Phi) is 6.41. The van der Waals surface area contributed by atoms with Crippen molar-refractivity contribution in [3.8, 4) is 0 Å². The number of ether oxygens (including phenoxy) is 1. The Labute approximate surface area is 105 Å². The highest BCUT2D eigenvalue weighted by Gasteiger charge is 2.26. The van der Waals surface area contributed by atoms with Crippen molar-refractivity contribution in [1.29, 1.82) is 0 Å². The molecular weight excluding hydrogens is 216 g/mol. The van der Waals surface area contributed by atoms with Gasteiger partial charge in [-0.25, -0.2) is 0 Å². The Bertz CT molecular complexity index is 212. The lowest BCUT2D eigenvalue weighted by atomic mass is 9.95. The number of rotatable bonds is 6. The quantitative estimate of drug-likeness (QED) is 0.722. The molecule has 1 saturated heterocycles. The van der Waals surface area contributed by atoms with Gasteiger partial charge < -0.3 is 15.2 Å². The zero-order valence-corrected chi connectivity index (χ0v) is 11.6. The van der Waals surface area contributed by atoms with Gasteiger partial charge in [-0.1, -0.05) is 20.8 Å². The van der Waals surface area contributed by atoms with Crippen molar-refractivity contribution < 1.29 is 9.84 Å². The van der Waals surface area contributed by atoms with Crippen molar-refractivity contribution in [3.63, 3.8) is 0 Å². The fourth-order valence-corrected chi connectivity index (χ4v) is 2.30. The Hall–Kier alpha value is -0.160. The highest BCUT2D eigenvalue weighted by Crippen LogP contribution is 2.19. The number of aliphatic hydroxyl groups is 1. The third kappa shape index (κ3) is 5.34. The van der Waals surface area contributed by atoms with Gasteiger partial charge >= 0.3 is 0 Å². The van der Waals surface area contributed by atoms with E-state index in [2.05, 4.69) is 31.0 Å².